The molecule has 126 valence electrons. The third-order valence-electron chi connectivity index (χ3n) is 3.32. The Morgan fingerprint density at radius 2 is 2.00 bits per heavy atom. The van der Waals surface area contributed by atoms with Gasteiger partial charge in [-0.25, -0.2) is 0 Å². The summed E-state index contributed by atoms with van der Waals surface area (Å²) in [5.41, 5.74) is 1.14. The van der Waals surface area contributed by atoms with E-state index in [4.69, 9.17) is 23.2 Å². The Labute approximate surface area is 148 Å². The maximum atomic E-state index is 12.2. The molecule has 0 fully saturated rings. The van der Waals surface area contributed by atoms with Gasteiger partial charge in [-0.1, -0.05) is 35.3 Å². The van der Waals surface area contributed by atoms with Crippen LogP contribution in [0.15, 0.2) is 42.5 Å². The number of halogens is 2. The van der Waals surface area contributed by atoms with Crippen molar-refractivity contribution in [3.63, 3.8) is 0 Å². The summed E-state index contributed by atoms with van der Waals surface area (Å²) < 4.78 is 0. The molecule has 0 unspecified atom stereocenters. The van der Waals surface area contributed by atoms with Crippen LogP contribution in [0.3, 0.4) is 0 Å². The highest BCUT2D eigenvalue weighted by molar-refractivity contribution is 6.34. The van der Waals surface area contributed by atoms with Gasteiger partial charge in [0.25, 0.3) is 5.69 Å². The molecule has 0 saturated carbocycles. The standard InChI is InChI=1S/C16H15Cl2N3O3/c1-10(19-9-11-3-2-4-12(17)7-11)16(22)20-15-6-5-13(21(23)24)8-14(15)18/h2-8,10,19H,9H2,1H3,(H,20,22)/t10-/m0/s1. The van der Waals surface area contributed by atoms with Crippen LogP contribution in [0.25, 0.3) is 0 Å². The number of anilines is 1. The number of nitro benzene ring substituents is 1. The van der Waals surface area contributed by atoms with Gasteiger partial charge in [0.1, 0.15) is 0 Å². The Hall–Kier alpha value is -2.15. The van der Waals surface area contributed by atoms with Gasteiger partial charge < -0.3 is 10.6 Å². The lowest BCUT2D eigenvalue weighted by Gasteiger charge is -2.15. The Morgan fingerprint density at radius 3 is 2.62 bits per heavy atom. The van der Waals surface area contributed by atoms with E-state index in [2.05, 4.69) is 10.6 Å². The zero-order valence-corrected chi connectivity index (χ0v) is 14.3. The van der Waals surface area contributed by atoms with Crippen LogP contribution in [-0.2, 0) is 11.3 Å². The van der Waals surface area contributed by atoms with E-state index in [1.54, 1.807) is 13.0 Å². The fourth-order valence-corrected chi connectivity index (χ4v) is 2.41. The van der Waals surface area contributed by atoms with Crippen LogP contribution in [0.5, 0.6) is 0 Å². The highest BCUT2D eigenvalue weighted by atomic mass is 35.5. The number of nitro groups is 1. The van der Waals surface area contributed by atoms with E-state index < -0.39 is 11.0 Å². The number of nitrogens with one attached hydrogen (secondary N) is 2. The van der Waals surface area contributed by atoms with Gasteiger partial charge in [-0.2, -0.15) is 0 Å². The second kappa shape index (κ2) is 8.10. The van der Waals surface area contributed by atoms with Crippen molar-refractivity contribution in [2.75, 3.05) is 5.32 Å². The van der Waals surface area contributed by atoms with Crippen molar-refractivity contribution in [2.24, 2.45) is 0 Å². The normalized spacial score (nSPS) is 11.8. The van der Waals surface area contributed by atoms with E-state index >= 15 is 0 Å². The van der Waals surface area contributed by atoms with Crippen molar-refractivity contribution in [1.82, 2.24) is 5.32 Å². The molecule has 0 aliphatic carbocycles. The van der Waals surface area contributed by atoms with E-state index in [0.717, 1.165) is 5.56 Å². The first kappa shape index (κ1) is 18.2. The molecule has 8 heteroatoms. The van der Waals surface area contributed by atoms with Gasteiger partial charge in [-0.15, -0.1) is 0 Å². The smallest absolute Gasteiger partial charge is 0.271 e. The molecule has 0 aliphatic heterocycles. The quantitative estimate of drug-likeness (QED) is 0.596. The van der Waals surface area contributed by atoms with Gasteiger partial charge in [0.15, 0.2) is 0 Å². The molecule has 0 bridgehead atoms. The summed E-state index contributed by atoms with van der Waals surface area (Å²) in [6, 6.07) is 10.7. The van der Waals surface area contributed by atoms with Gasteiger partial charge in [0, 0.05) is 23.7 Å². The summed E-state index contributed by atoms with van der Waals surface area (Å²) in [4.78, 5) is 22.3. The first-order valence-corrected chi connectivity index (χ1v) is 7.85. The topological polar surface area (TPSA) is 84.3 Å². The number of carbonyl (C=O) groups excluding carboxylic acids is 1. The summed E-state index contributed by atoms with van der Waals surface area (Å²) in [6.07, 6.45) is 0. The predicted molar refractivity (Wildman–Crippen MR) is 94.5 cm³/mol. The zero-order chi connectivity index (χ0) is 17.7. The molecule has 0 heterocycles. The molecule has 2 aromatic rings. The Kier molecular flexibility index (Phi) is 6.14. The molecule has 24 heavy (non-hydrogen) atoms. The fraction of sp³-hybridized carbons (Fsp3) is 0.188. The molecule has 6 nitrogen and oxygen atoms in total. The molecular formula is C16H15Cl2N3O3. The molecule has 0 saturated heterocycles. The largest absolute Gasteiger partial charge is 0.323 e. The van der Waals surface area contributed by atoms with E-state index in [1.165, 1.54) is 18.2 Å². The van der Waals surface area contributed by atoms with Crippen molar-refractivity contribution in [2.45, 2.75) is 19.5 Å². The van der Waals surface area contributed by atoms with Crippen LogP contribution in [0, 0.1) is 10.1 Å². The number of carbonyl (C=O) groups is 1. The van der Waals surface area contributed by atoms with Crippen molar-refractivity contribution in [1.29, 1.82) is 0 Å². The molecule has 0 spiro atoms. The predicted octanol–water partition coefficient (Wildman–Crippen LogP) is 4.02. The monoisotopic (exact) mass is 367 g/mol. The van der Waals surface area contributed by atoms with Crippen LogP contribution >= 0.6 is 23.2 Å². The highest BCUT2D eigenvalue weighted by Gasteiger charge is 2.15. The molecule has 2 aromatic carbocycles. The minimum Gasteiger partial charge on any atom is -0.323 e. The lowest BCUT2D eigenvalue weighted by atomic mass is 10.2. The molecule has 0 radical (unpaired) electrons. The number of amides is 1. The van der Waals surface area contributed by atoms with Gasteiger partial charge in [0.05, 0.1) is 21.7 Å². The number of benzene rings is 2. The first-order valence-electron chi connectivity index (χ1n) is 7.09. The second-order valence-electron chi connectivity index (χ2n) is 5.14. The summed E-state index contributed by atoms with van der Waals surface area (Å²) in [7, 11) is 0. The van der Waals surface area contributed by atoms with Gasteiger partial charge in [0.2, 0.25) is 5.91 Å². The fourth-order valence-electron chi connectivity index (χ4n) is 1.97. The maximum absolute atomic E-state index is 12.2. The Balaban J connectivity index is 1.95. The molecule has 2 rings (SSSR count). The maximum Gasteiger partial charge on any atom is 0.271 e. The minimum atomic E-state index is -0.549. The third-order valence-corrected chi connectivity index (χ3v) is 3.86. The summed E-state index contributed by atoms with van der Waals surface area (Å²) in [6.45, 7) is 2.18. The SMILES string of the molecule is C[C@H](NCc1cccc(Cl)c1)C(=O)Nc1ccc([N+](=O)[O-])cc1Cl. The van der Waals surface area contributed by atoms with Gasteiger partial charge >= 0.3 is 0 Å². The molecule has 2 N–H and O–H groups in total. The molecule has 0 aliphatic rings. The van der Waals surface area contributed by atoms with E-state index in [0.29, 0.717) is 17.3 Å². The Morgan fingerprint density at radius 1 is 1.25 bits per heavy atom. The van der Waals surface area contributed by atoms with Crippen LogP contribution in [0.4, 0.5) is 11.4 Å². The third kappa shape index (κ3) is 4.92. The summed E-state index contributed by atoms with van der Waals surface area (Å²) in [5, 5.41) is 17.1. The molecule has 1 atom stereocenters. The van der Waals surface area contributed by atoms with Crippen molar-refractivity contribution >= 4 is 40.5 Å². The average molecular weight is 368 g/mol. The van der Waals surface area contributed by atoms with E-state index in [9.17, 15) is 14.9 Å². The van der Waals surface area contributed by atoms with Gasteiger partial charge in [-0.05, 0) is 30.7 Å². The zero-order valence-electron chi connectivity index (χ0n) is 12.8. The number of nitrogens with zero attached hydrogens (tertiary/aromatic N) is 1. The molecular weight excluding hydrogens is 353 g/mol. The number of non-ortho nitro benzene ring substituents is 1. The van der Waals surface area contributed by atoms with E-state index in [1.807, 2.05) is 18.2 Å². The van der Waals surface area contributed by atoms with E-state index in [-0.39, 0.29) is 16.6 Å². The Bertz CT molecular complexity index is 768. The lowest BCUT2D eigenvalue weighted by molar-refractivity contribution is -0.384. The van der Waals surface area contributed by atoms with Crippen LogP contribution in [0.2, 0.25) is 10.0 Å². The highest BCUT2D eigenvalue weighted by Crippen LogP contribution is 2.26. The lowest BCUT2D eigenvalue weighted by Crippen LogP contribution is -2.37. The summed E-state index contributed by atoms with van der Waals surface area (Å²) in [5.74, 6) is -0.298. The van der Waals surface area contributed by atoms with Crippen LogP contribution in [-0.4, -0.2) is 16.9 Å². The number of hydrogen-bond acceptors (Lipinski definition) is 4. The van der Waals surface area contributed by atoms with Crippen LogP contribution < -0.4 is 10.6 Å². The van der Waals surface area contributed by atoms with Crippen molar-refractivity contribution in [3.05, 3.63) is 68.2 Å². The number of rotatable bonds is 6. The minimum absolute atomic E-state index is 0.111. The second-order valence-corrected chi connectivity index (χ2v) is 5.99. The molecule has 1 amide bonds. The number of hydrogen-bond donors (Lipinski definition) is 2. The summed E-state index contributed by atoms with van der Waals surface area (Å²) >= 11 is 11.9. The van der Waals surface area contributed by atoms with Crippen molar-refractivity contribution < 1.29 is 9.72 Å². The van der Waals surface area contributed by atoms with Gasteiger partial charge in [-0.3, -0.25) is 14.9 Å². The van der Waals surface area contributed by atoms with Crippen LogP contribution in [0.1, 0.15) is 12.5 Å². The molecule has 0 aromatic heterocycles. The average Bonchev–Trinajstić information content (AvgIpc) is 2.54. The first-order chi connectivity index (χ1) is 11.4. The van der Waals surface area contributed by atoms with Crippen molar-refractivity contribution in [3.8, 4) is 0 Å².